The first-order chi connectivity index (χ1) is 10.1. The lowest BCUT2D eigenvalue weighted by atomic mass is 10.1. The van der Waals surface area contributed by atoms with Gasteiger partial charge in [0.2, 0.25) is 5.91 Å². The van der Waals surface area contributed by atoms with Crippen molar-refractivity contribution in [1.29, 1.82) is 0 Å². The van der Waals surface area contributed by atoms with Crippen LogP contribution in [0.2, 0.25) is 0 Å². The van der Waals surface area contributed by atoms with Crippen molar-refractivity contribution in [3.63, 3.8) is 0 Å². The van der Waals surface area contributed by atoms with Crippen molar-refractivity contribution in [3.05, 3.63) is 23.8 Å². The van der Waals surface area contributed by atoms with Crippen molar-refractivity contribution in [2.24, 2.45) is 11.7 Å². The third kappa shape index (κ3) is 4.78. The average Bonchev–Trinajstić information content (AvgIpc) is 2.93. The molecule has 0 radical (unpaired) electrons. The molecule has 0 aliphatic heterocycles. The zero-order valence-corrected chi connectivity index (χ0v) is 13.9. The summed E-state index contributed by atoms with van der Waals surface area (Å²) in [5.41, 5.74) is 6.87. The highest BCUT2D eigenvalue weighted by Gasteiger charge is 2.27. The van der Waals surface area contributed by atoms with Gasteiger partial charge in [0.05, 0.1) is 14.2 Å². The van der Waals surface area contributed by atoms with Crippen LogP contribution in [0.4, 0.5) is 0 Å². The van der Waals surface area contributed by atoms with E-state index in [9.17, 15) is 4.79 Å². The molecule has 1 aliphatic rings. The number of methoxy groups -OCH3 is 2. The number of amides is 1. The van der Waals surface area contributed by atoms with Crippen molar-refractivity contribution in [1.82, 2.24) is 5.32 Å². The molecule has 2 rings (SSSR count). The first-order valence-electron chi connectivity index (χ1n) is 7.38. The molecular formula is C16H25ClN2O3. The second kappa shape index (κ2) is 8.86. The number of halogens is 1. The molecule has 5 nitrogen and oxygen atoms in total. The lowest BCUT2D eigenvalue weighted by Crippen LogP contribution is -2.32. The van der Waals surface area contributed by atoms with Crippen molar-refractivity contribution in [2.75, 3.05) is 20.8 Å². The van der Waals surface area contributed by atoms with Crippen LogP contribution in [-0.4, -0.2) is 32.7 Å². The fraction of sp³-hybridized carbons (Fsp3) is 0.562. The van der Waals surface area contributed by atoms with Crippen LogP contribution in [0.15, 0.2) is 18.2 Å². The van der Waals surface area contributed by atoms with Crippen LogP contribution >= 0.6 is 12.4 Å². The summed E-state index contributed by atoms with van der Waals surface area (Å²) in [6.45, 7) is 0.591. The van der Waals surface area contributed by atoms with Gasteiger partial charge >= 0.3 is 0 Å². The number of nitrogens with two attached hydrogens (primary N) is 1. The van der Waals surface area contributed by atoms with Gasteiger partial charge < -0.3 is 20.5 Å². The van der Waals surface area contributed by atoms with Crippen LogP contribution in [0, 0.1) is 5.92 Å². The number of carbonyl (C=O) groups excluding carboxylic acids is 1. The molecule has 0 heterocycles. The van der Waals surface area contributed by atoms with Crippen LogP contribution < -0.4 is 20.5 Å². The lowest BCUT2D eigenvalue weighted by Gasteiger charge is -2.13. The second-order valence-electron chi connectivity index (χ2n) is 5.49. The Labute approximate surface area is 138 Å². The van der Waals surface area contributed by atoms with Crippen LogP contribution in [0.3, 0.4) is 0 Å². The molecule has 0 bridgehead atoms. The molecule has 1 aliphatic carbocycles. The Hall–Kier alpha value is -1.46. The Morgan fingerprint density at radius 1 is 1.32 bits per heavy atom. The van der Waals surface area contributed by atoms with E-state index in [1.807, 2.05) is 18.2 Å². The van der Waals surface area contributed by atoms with Gasteiger partial charge in [0.25, 0.3) is 0 Å². The van der Waals surface area contributed by atoms with Gasteiger partial charge in [0, 0.05) is 18.5 Å². The van der Waals surface area contributed by atoms with Crippen LogP contribution in [0.25, 0.3) is 0 Å². The molecule has 0 aromatic heterocycles. The molecule has 0 spiro atoms. The summed E-state index contributed by atoms with van der Waals surface area (Å²) >= 11 is 0. The third-order valence-corrected chi connectivity index (χ3v) is 4.03. The summed E-state index contributed by atoms with van der Waals surface area (Å²) in [7, 11) is 3.28. The van der Waals surface area contributed by atoms with E-state index in [1.165, 1.54) is 0 Å². The number of benzene rings is 1. The highest BCUT2D eigenvalue weighted by atomic mass is 35.5. The average molecular weight is 329 g/mol. The van der Waals surface area contributed by atoms with Gasteiger partial charge in [-0.2, -0.15) is 0 Å². The van der Waals surface area contributed by atoms with E-state index in [0.717, 1.165) is 36.3 Å². The number of hydrogen-bond acceptors (Lipinski definition) is 4. The van der Waals surface area contributed by atoms with Crippen LogP contribution in [-0.2, 0) is 11.2 Å². The summed E-state index contributed by atoms with van der Waals surface area (Å²) in [5.74, 6) is 1.80. The van der Waals surface area contributed by atoms with Gasteiger partial charge in [0.1, 0.15) is 11.5 Å². The number of rotatable bonds is 6. The Morgan fingerprint density at radius 3 is 2.68 bits per heavy atom. The first-order valence-corrected chi connectivity index (χ1v) is 7.38. The van der Waals surface area contributed by atoms with Gasteiger partial charge in [-0.1, -0.05) is 0 Å². The first kappa shape index (κ1) is 18.6. The molecule has 22 heavy (non-hydrogen) atoms. The van der Waals surface area contributed by atoms with Crippen LogP contribution in [0.1, 0.15) is 24.8 Å². The smallest absolute Gasteiger partial charge is 0.223 e. The minimum absolute atomic E-state index is 0. The minimum Gasteiger partial charge on any atom is -0.497 e. The van der Waals surface area contributed by atoms with E-state index >= 15 is 0 Å². The molecule has 6 heteroatoms. The number of hydrogen-bond donors (Lipinski definition) is 2. The fourth-order valence-electron chi connectivity index (χ4n) is 2.80. The minimum atomic E-state index is 0. The normalized spacial score (nSPS) is 20.1. The van der Waals surface area contributed by atoms with Crippen molar-refractivity contribution in [3.8, 4) is 11.5 Å². The summed E-state index contributed by atoms with van der Waals surface area (Å²) in [6.07, 6.45) is 3.36. The highest BCUT2D eigenvalue weighted by molar-refractivity contribution is 5.85. The summed E-state index contributed by atoms with van der Waals surface area (Å²) < 4.78 is 10.5. The van der Waals surface area contributed by atoms with Gasteiger partial charge in [0.15, 0.2) is 0 Å². The SMILES string of the molecule is COc1ccc(OC)c(CCNC(=O)C2CCC(N)C2)c1.Cl. The molecule has 124 valence electrons. The summed E-state index contributed by atoms with van der Waals surface area (Å²) in [5, 5.41) is 2.99. The molecular weight excluding hydrogens is 304 g/mol. The molecule has 1 aromatic rings. The quantitative estimate of drug-likeness (QED) is 0.836. The summed E-state index contributed by atoms with van der Waals surface area (Å²) in [6, 6.07) is 5.86. The summed E-state index contributed by atoms with van der Waals surface area (Å²) in [4.78, 5) is 12.0. The highest BCUT2D eigenvalue weighted by Crippen LogP contribution is 2.25. The Kier molecular flexibility index (Phi) is 7.48. The number of nitrogens with one attached hydrogen (secondary N) is 1. The molecule has 1 aromatic carbocycles. The van der Waals surface area contributed by atoms with E-state index in [1.54, 1.807) is 14.2 Å². The zero-order chi connectivity index (χ0) is 15.2. The van der Waals surface area contributed by atoms with E-state index in [2.05, 4.69) is 5.32 Å². The predicted octanol–water partition coefficient (Wildman–Crippen LogP) is 1.91. The third-order valence-electron chi connectivity index (χ3n) is 4.03. The maximum Gasteiger partial charge on any atom is 0.223 e. The number of ether oxygens (including phenoxy) is 2. The van der Waals surface area contributed by atoms with Gasteiger partial charge in [-0.15, -0.1) is 12.4 Å². The van der Waals surface area contributed by atoms with Crippen LogP contribution in [0.5, 0.6) is 11.5 Å². The predicted molar refractivity (Wildman–Crippen MR) is 88.8 cm³/mol. The van der Waals surface area contributed by atoms with E-state index < -0.39 is 0 Å². The van der Waals surface area contributed by atoms with Gasteiger partial charge in [-0.05, 0) is 49.4 Å². The van der Waals surface area contributed by atoms with Gasteiger partial charge in [-0.3, -0.25) is 4.79 Å². The molecule has 1 amide bonds. The lowest BCUT2D eigenvalue weighted by molar-refractivity contribution is -0.124. The molecule has 2 atom stereocenters. The largest absolute Gasteiger partial charge is 0.497 e. The molecule has 1 saturated carbocycles. The monoisotopic (exact) mass is 328 g/mol. The Morgan fingerprint density at radius 2 is 2.09 bits per heavy atom. The molecule has 0 saturated heterocycles. The molecule has 1 fully saturated rings. The van der Waals surface area contributed by atoms with Crippen molar-refractivity contribution >= 4 is 18.3 Å². The standard InChI is InChI=1S/C16H24N2O3.ClH/c1-20-14-5-6-15(21-2)11(10-14)7-8-18-16(19)12-3-4-13(17)9-12;/h5-6,10,12-13H,3-4,7-9,17H2,1-2H3,(H,18,19);1H. The van der Waals surface area contributed by atoms with E-state index in [4.69, 9.17) is 15.2 Å². The second-order valence-corrected chi connectivity index (χ2v) is 5.49. The van der Waals surface area contributed by atoms with E-state index in [0.29, 0.717) is 13.0 Å². The van der Waals surface area contributed by atoms with Gasteiger partial charge in [-0.25, -0.2) is 0 Å². The fourth-order valence-corrected chi connectivity index (χ4v) is 2.80. The Bertz CT molecular complexity index is 496. The van der Waals surface area contributed by atoms with E-state index in [-0.39, 0.29) is 30.3 Å². The maximum absolute atomic E-state index is 12.0. The molecule has 2 unspecified atom stereocenters. The van der Waals surface area contributed by atoms with Crippen molar-refractivity contribution in [2.45, 2.75) is 31.7 Å². The van der Waals surface area contributed by atoms with Crippen molar-refractivity contribution < 1.29 is 14.3 Å². The maximum atomic E-state index is 12.0. The molecule has 3 N–H and O–H groups in total. The zero-order valence-electron chi connectivity index (χ0n) is 13.1. The topological polar surface area (TPSA) is 73.6 Å². The Balaban J connectivity index is 0.00000242. The number of carbonyl (C=O) groups is 1.